The minimum Gasteiger partial charge on any atom is -0.369 e. The molecule has 1 fully saturated rings. The summed E-state index contributed by atoms with van der Waals surface area (Å²) in [5, 5.41) is 0. The van der Waals surface area contributed by atoms with Crippen molar-refractivity contribution >= 4 is 15.9 Å². The highest BCUT2D eigenvalue weighted by Crippen LogP contribution is 2.32. The molecule has 0 spiro atoms. The number of hydrogen-bond donors (Lipinski definition) is 1. The molecular formula is C17H26BrNO. The molecule has 3 heteroatoms. The van der Waals surface area contributed by atoms with E-state index in [1.54, 1.807) is 0 Å². The average Bonchev–Trinajstić information content (AvgIpc) is 2.46. The standard InChI is InChI=1S/C17H26BrNO/c1-3-16(19)17(13-5-4-6-14(18)11-13)20-15-9-7-12(2)8-10-15/h4-6,11-12,15-17H,3,7-10,19H2,1-2H3. The summed E-state index contributed by atoms with van der Waals surface area (Å²) in [6, 6.07) is 8.41. The van der Waals surface area contributed by atoms with Gasteiger partial charge in [-0.3, -0.25) is 0 Å². The Morgan fingerprint density at radius 1 is 1.30 bits per heavy atom. The molecule has 0 aromatic heterocycles. The minimum atomic E-state index is 0.0101. The molecule has 1 aromatic rings. The summed E-state index contributed by atoms with van der Waals surface area (Å²) in [5.74, 6) is 0.846. The lowest BCUT2D eigenvalue weighted by Gasteiger charge is -2.32. The van der Waals surface area contributed by atoms with Crippen LogP contribution in [0.2, 0.25) is 0 Å². The lowest BCUT2D eigenvalue weighted by molar-refractivity contribution is -0.0488. The molecule has 0 aliphatic heterocycles. The van der Waals surface area contributed by atoms with Gasteiger partial charge in [0.05, 0.1) is 12.2 Å². The Morgan fingerprint density at radius 3 is 2.60 bits per heavy atom. The first kappa shape index (κ1) is 16.0. The summed E-state index contributed by atoms with van der Waals surface area (Å²) >= 11 is 3.54. The molecule has 0 heterocycles. The predicted octanol–water partition coefficient (Wildman–Crippen LogP) is 4.82. The van der Waals surface area contributed by atoms with Crippen molar-refractivity contribution in [2.45, 2.75) is 64.2 Å². The van der Waals surface area contributed by atoms with Gasteiger partial charge in [0.1, 0.15) is 0 Å². The molecule has 2 nitrogen and oxygen atoms in total. The fourth-order valence-electron chi connectivity index (χ4n) is 2.90. The smallest absolute Gasteiger partial charge is 0.0979 e. The monoisotopic (exact) mass is 339 g/mol. The summed E-state index contributed by atoms with van der Waals surface area (Å²) < 4.78 is 7.47. The number of rotatable bonds is 5. The molecule has 2 N–H and O–H groups in total. The highest BCUT2D eigenvalue weighted by atomic mass is 79.9. The van der Waals surface area contributed by atoms with Crippen molar-refractivity contribution in [3.63, 3.8) is 0 Å². The highest BCUT2D eigenvalue weighted by Gasteiger charge is 2.26. The minimum absolute atomic E-state index is 0.0101. The van der Waals surface area contributed by atoms with Crippen molar-refractivity contribution in [2.75, 3.05) is 0 Å². The molecule has 2 unspecified atom stereocenters. The van der Waals surface area contributed by atoms with E-state index in [4.69, 9.17) is 10.5 Å². The molecule has 0 radical (unpaired) electrons. The molecule has 0 bridgehead atoms. The zero-order chi connectivity index (χ0) is 14.5. The normalized spacial score (nSPS) is 26.2. The van der Waals surface area contributed by atoms with E-state index in [-0.39, 0.29) is 12.1 Å². The van der Waals surface area contributed by atoms with Crippen molar-refractivity contribution in [1.82, 2.24) is 0 Å². The van der Waals surface area contributed by atoms with Gasteiger partial charge < -0.3 is 10.5 Å². The van der Waals surface area contributed by atoms with Crippen LogP contribution in [-0.4, -0.2) is 12.1 Å². The van der Waals surface area contributed by atoms with Gasteiger partial charge in [0, 0.05) is 10.5 Å². The second kappa shape index (κ2) is 7.58. The van der Waals surface area contributed by atoms with E-state index in [1.807, 2.05) is 6.07 Å². The number of halogens is 1. The van der Waals surface area contributed by atoms with Gasteiger partial charge in [0.15, 0.2) is 0 Å². The molecule has 0 saturated heterocycles. The van der Waals surface area contributed by atoms with E-state index >= 15 is 0 Å². The van der Waals surface area contributed by atoms with Gasteiger partial charge in [0.2, 0.25) is 0 Å². The Labute approximate surface area is 131 Å². The van der Waals surface area contributed by atoms with Crippen LogP contribution in [-0.2, 0) is 4.74 Å². The van der Waals surface area contributed by atoms with Gasteiger partial charge in [-0.05, 0) is 55.7 Å². The maximum absolute atomic E-state index is 6.39. The largest absolute Gasteiger partial charge is 0.369 e. The van der Waals surface area contributed by atoms with E-state index in [2.05, 4.69) is 48.0 Å². The molecule has 0 amide bonds. The Balaban J connectivity index is 2.08. The number of hydrogen-bond acceptors (Lipinski definition) is 2. The number of nitrogens with two attached hydrogens (primary N) is 1. The summed E-state index contributed by atoms with van der Waals surface area (Å²) in [6.07, 6.45) is 6.20. The highest BCUT2D eigenvalue weighted by molar-refractivity contribution is 9.10. The van der Waals surface area contributed by atoms with E-state index in [9.17, 15) is 0 Å². The fourth-order valence-corrected chi connectivity index (χ4v) is 3.31. The van der Waals surface area contributed by atoms with Gasteiger partial charge >= 0.3 is 0 Å². The van der Waals surface area contributed by atoms with Gasteiger partial charge in [-0.2, -0.15) is 0 Å². The SMILES string of the molecule is CCC(N)C(OC1CCC(C)CC1)c1cccc(Br)c1. The molecule has 1 aliphatic carbocycles. The van der Waals surface area contributed by atoms with Crippen LogP contribution in [0.15, 0.2) is 28.7 Å². The first-order chi connectivity index (χ1) is 9.60. The maximum Gasteiger partial charge on any atom is 0.0979 e. The van der Waals surface area contributed by atoms with Crippen LogP contribution in [0.4, 0.5) is 0 Å². The average molecular weight is 340 g/mol. The Kier molecular flexibility index (Phi) is 6.06. The van der Waals surface area contributed by atoms with Crippen LogP contribution in [0.1, 0.15) is 57.6 Å². The van der Waals surface area contributed by atoms with Crippen LogP contribution in [0.3, 0.4) is 0 Å². The Morgan fingerprint density at radius 2 is 2.00 bits per heavy atom. The van der Waals surface area contributed by atoms with Crippen molar-refractivity contribution in [1.29, 1.82) is 0 Å². The van der Waals surface area contributed by atoms with Crippen LogP contribution in [0, 0.1) is 5.92 Å². The lowest BCUT2D eigenvalue weighted by atomic mass is 9.88. The zero-order valence-corrected chi connectivity index (χ0v) is 14.1. The van der Waals surface area contributed by atoms with Gasteiger partial charge in [-0.25, -0.2) is 0 Å². The number of benzene rings is 1. The van der Waals surface area contributed by atoms with Crippen LogP contribution in [0.25, 0.3) is 0 Å². The van der Waals surface area contributed by atoms with Gasteiger partial charge in [0.25, 0.3) is 0 Å². The van der Waals surface area contributed by atoms with Crippen molar-refractivity contribution in [3.05, 3.63) is 34.3 Å². The Bertz CT molecular complexity index is 415. The number of ether oxygens (including phenoxy) is 1. The molecule has 2 atom stereocenters. The summed E-state index contributed by atoms with van der Waals surface area (Å²) in [7, 11) is 0. The zero-order valence-electron chi connectivity index (χ0n) is 12.5. The van der Waals surface area contributed by atoms with Crippen molar-refractivity contribution in [3.8, 4) is 0 Å². The van der Waals surface area contributed by atoms with Crippen molar-refractivity contribution in [2.24, 2.45) is 11.7 Å². The van der Waals surface area contributed by atoms with Crippen molar-refractivity contribution < 1.29 is 4.74 Å². The van der Waals surface area contributed by atoms with E-state index in [0.29, 0.717) is 6.10 Å². The summed E-state index contributed by atoms with van der Waals surface area (Å²) in [4.78, 5) is 0. The summed E-state index contributed by atoms with van der Waals surface area (Å²) in [5.41, 5.74) is 7.49. The third kappa shape index (κ3) is 4.31. The Hall–Kier alpha value is -0.380. The second-order valence-corrected chi connectivity index (χ2v) is 6.98. The van der Waals surface area contributed by atoms with E-state index < -0.39 is 0 Å². The van der Waals surface area contributed by atoms with Crippen LogP contribution >= 0.6 is 15.9 Å². The molecule has 1 saturated carbocycles. The molecule has 112 valence electrons. The molecular weight excluding hydrogens is 314 g/mol. The first-order valence-corrected chi connectivity index (χ1v) is 8.56. The second-order valence-electron chi connectivity index (χ2n) is 6.07. The van der Waals surface area contributed by atoms with Crippen LogP contribution in [0.5, 0.6) is 0 Å². The van der Waals surface area contributed by atoms with E-state index in [1.165, 1.54) is 31.2 Å². The van der Waals surface area contributed by atoms with Gasteiger partial charge in [-0.1, -0.05) is 41.9 Å². The van der Waals surface area contributed by atoms with E-state index in [0.717, 1.165) is 16.8 Å². The topological polar surface area (TPSA) is 35.2 Å². The maximum atomic E-state index is 6.39. The third-order valence-electron chi connectivity index (χ3n) is 4.34. The lowest BCUT2D eigenvalue weighted by Crippen LogP contribution is -2.33. The molecule has 2 rings (SSSR count). The van der Waals surface area contributed by atoms with Gasteiger partial charge in [-0.15, -0.1) is 0 Å². The third-order valence-corrected chi connectivity index (χ3v) is 4.83. The quantitative estimate of drug-likeness (QED) is 0.834. The molecule has 20 heavy (non-hydrogen) atoms. The fraction of sp³-hybridized carbons (Fsp3) is 0.647. The first-order valence-electron chi connectivity index (χ1n) is 7.76. The molecule has 1 aromatic carbocycles. The molecule has 1 aliphatic rings. The predicted molar refractivity (Wildman–Crippen MR) is 87.7 cm³/mol. The summed E-state index contributed by atoms with van der Waals surface area (Å²) in [6.45, 7) is 4.46. The van der Waals surface area contributed by atoms with Crippen LogP contribution < -0.4 is 5.73 Å².